The van der Waals surface area contributed by atoms with E-state index in [4.69, 9.17) is 0 Å². The van der Waals surface area contributed by atoms with Crippen molar-refractivity contribution in [1.29, 1.82) is 0 Å². The molecular formula is C11H18O2. The average Bonchev–Trinajstić information content (AvgIpc) is 2.33. The smallest absolute Gasteiger partial charge is 0.0964 e. The monoisotopic (exact) mass is 182 g/mol. The van der Waals surface area contributed by atoms with Gasteiger partial charge in [-0.1, -0.05) is 12.8 Å². The van der Waals surface area contributed by atoms with Crippen molar-refractivity contribution in [2.75, 3.05) is 0 Å². The van der Waals surface area contributed by atoms with Gasteiger partial charge >= 0.3 is 0 Å². The zero-order valence-corrected chi connectivity index (χ0v) is 8.00. The molecule has 3 aliphatic rings. The molecule has 2 nitrogen and oxygen atoms in total. The van der Waals surface area contributed by atoms with E-state index >= 15 is 0 Å². The van der Waals surface area contributed by atoms with E-state index in [9.17, 15) is 10.2 Å². The summed E-state index contributed by atoms with van der Waals surface area (Å²) in [4.78, 5) is 0. The molecule has 3 saturated carbocycles. The third kappa shape index (κ3) is 0.774. The summed E-state index contributed by atoms with van der Waals surface area (Å²) in [6.07, 6.45) is 7.24. The molecule has 0 radical (unpaired) electrons. The maximum absolute atomic E-state index is 10.5. The third-order valence-electron chi connectivity index (χ3n) is 4.89. The largest absolute Gasteiger partial charge is 0.387 e. The molecule has 0 aliphatic heterocycles. The molecule has 2 N–H and O–H groups in total. The summed E-state index contributed by atoms with van der Waals surface area (Å²) < 4.78 is 0. The van der Waals surface area contributed by atoms with Crippen LogP contribution in [0.15, 0.2) is 0 Å². The van der Waals surface area contributed by atoms with E-state index in [1.165, 1.54) is 0 Å². The molecule has 0 heterocycles. The Hall–Kier alpha value is -0.0800. The molecule has 0 aromatic carbocycles. The quantitative estimate of drug-likeness (QED) is 0.595. The molecule has 4 unspecified atom stereocenters. The summed E-state index contributed by atoms with van der Waals surface area (Å²) in [5, 5.41) is 21.0. The van der Waals surface area contributed by atoms with Gasteiger partial charge in [-0.2, -0.15) is 0 Å². The predicted molar refractivity (Wildman–Crippen MR) is 49.2 cm³/mol. The van der Waals surface area contributed by atoms with E-state index in [1.54, 1.807) is 0 Å². The zero-order valence-electron chi connectivity index (χ0n) is 8.00. The number of hydrogen-bond acceptors (Lipinski definition) is 2. The number of rotatable bonds is 0. The van der Waals surface area contributed by atoms with Gasteiger partial charge in [0.1, 0.15) is 0 Å². The Kier molecular flexibility index (Phi) is 1.45. The summed E-state index contributed by atoms with van der Waals surface area (Å²) in [6, 6.07) is 0. The predicted octanol–water partition coefficient (Wildman–Crippen LogP) is 1.45. The lowest BCUT2D eigenvalue weighted by Crippen LogP contribution is -2.59. The first-order valence-electron chi connectivity index (χ1n) is 5.61. The maximum Gasteiger partial charge on any atom is 0.0964 e. The lowest BCUT2D eigenvalue weighted by Gasteiger charge is -2.49. The highest BCUT2D eigenvalue weighted by atomic mass is 16.4. The van der Waals surface area contributed by atoms with Crippen molar-refractivity contribution in [1.82, 2.24) is 0 Å². The molecule has 0 aromatic heterocycles. The van der Waals surface area contributed by atoms with Crippen LogP contribution in [-0.2, 0) is 0 Å². The minimum absolute atomic E-state index is 0.402. The second kappa shape index (κ2) is 2.29. The standard InChI is InChI=1S/C11H18O2/c12-10-5-1-3-8-7-9(10)4-2-6-11(8,10)13/h8-9,12-13H,1-7H2. The van der Waals surface area contributed by atoms with Crippen molar-refractivity contribution in [2.45, 2.75) is 56.1 Å². The van der Waals surface area contributed by atoms with Crippen LogP contribution in [0.1, 0.15) is 44.9 Å². The summed E-state index contributed by atoms with van der Waals surface area (Å²) in [5.41, 5.74) is -1.40. The van der Waals surface area contributed by atoms with Crippen LogP contribution >= 0.6 is 0 Å². The van der Waals surface area contributed by atoms with Gasteiger partial charge in [0.25, 0.3) is 0 Å². The van der Waals surface area contributed by atoms with Gasteiger partial charge in [0, 0.05) is 0 Å². The first kappa shape index (κ1) is 8.25. The fraction of sp³-hybridized carbons (Fsp3) is 1.00. The van der Waals surface area contributed by atoms with Crippen LogP contribution in [0.2, 0.25) is 0 Å². The molecule has 0 aromatic rings. The highest BCUT2D eigenvalue weighted by Gasteiger charge is 2.66. The van der Waals surface area contributed by atoms with Gasteiger partial charge in [-0.3, -0.25) is 0 Å². The Morgan fingerprint density at radius 1 is 0.846 bits per heavy atom. The highest BCUT2D eigenvalue weighted by molar-refractivity contribution is 5.17. The molecule has 3 rings (SSSR count). The van der Waals surface area contributed by atoms with E-state index in [1.807, 2.05) is 0 Å². The van der Waals surface area contributed by atoms with Crippen molar-refractivity contribution >= 4 is 0 Å². The summed E-state index contributed by atoms with van der Waals surface area (Å²) in [7, 11) is 0. The topological polar surface area (TPSA) is 40.5 Å². The van der Waals surface area contributed by atoms with Crippen molar-refractivity contribution in [3.63, 3.8) is 0 Å². The third-order valence-corrected chi connectivity index (χ3v) is 4.89. The lowest BCUT2D eigenvalue weighted by atomic mass is 9.64. The molecular weight excluding hydrogens is 164 g/mol. The fourth-order valence-electron chi connectivity index (χ4n) is 4.23. The minimum Gasteiger partial charge on any atom is -0.387 e. The van der Waals surface area contributed by atoms with Gasteiger partial charge in [-0.25, -0.2) is 0 Å². The Bertz CT molecular complexity index is 216. The second-order valence-electron chi connectivity index (χ2n) is 5.26. The van der Waals surface area contributed by atoms with E-state index in [0.717, 1.165) is 44.9 Å². The normalized spacial score (nSPS) is 59.5. The number of hydrogen-bond donors (Lipinski definition) is 2. The van der Waals surface area contributed by atoms with Crippen LogP contribution in [-0.4, -0.2) is 21.4 Å². The van der Waals surface area contributed by atoms with Gasteiger partial charge in [0.05, 0.1) is 11.2 Å². The van der Waals surface area contributed by atoms with Crippen LogP contribution in [0.25, 0.3) is 0 Å². The van der Waals surface area contributed by atoms with Crippen molar-refractivity contribution in [2.24, 2.45) is 11.8 Å². The molecule has 13 heavy (non-hydrogen) atoms. The van der Waals surface area contributed by atoms with Gasteiger partial charge in [-0.15, -0.1) is 0 Å². The molecule has 4 atom stereocenters. The van der Waals surface area contributed by atoms with Gasteiger partial charge in [0.15, 0.2) is 0 Å². The van der Waals surface area contributed by atoms with Crippen LogP contribution in [0.3, 0.4) is 0 Å². The van der Waals surface area contributed by atoms with E-state index in [2.05, 4.69) is 0 Å². The van der Waals surface area contributed by atoms with Gasteiger partial charge < -0.3 is 10.2 Å². The summed E-state index contributed by atoms with van der Waals surface area (Å²) in [6.45, 7) is 0. The number of aliphatic hydroxyl groups is 2. The van der Waals surface area contributed by atoms with E-state index in [-0.39, 0.29) is 0 Å². The second-order valence-corrected chi connectivity index (χ2v) is 5.26. The summed E-state index contributed by atoms with van der Waals surface area (Å²) in [5.74, 6) is 0.803. The first-order chi connectivity index (χ1) is 6.17. The fourth-order valence-corrected chi connectivity index (χ4v) is 4.23. The van der Waals surface area contributed by atoms with Crippen LogP contribution in [0.4, 0.5) is 0 Å². The zero-order chi connectivity index (χ0) is 9.10. The maximum atomic E-state index is 10.5. The minimum atomic E-state index is -0.700. The van der Waals surface area contributed by atoms with Crippen molar-refractivity contribution in [3.05, 3.63) is 0 Å². The molecule has 74 valence electrons. The van der Waals surface area contributed by atoms with Crippen molar-refractivity contribution < 1.29 is 10.2 Å². The van der Waals surface area contributed by atoms with E-state index < -0.39 is 11.2 Å². The molecule has 0 spiro atoms. The van der Waals surface area contributed by atoms with Gasteiger partial charge in [-0.05, 0) is 43.9 Å². The van der Waals surface area contributed by atoms with Crippen LogP contribution in [0, 0.1) is 11.8 Å². The molecule has 2 heteroatoms. The summed E-state index contributed by atoms with van der Waals surface area (Å²) >= 11 is 0. The molecule has 0 amide bonds. The molecule has 3 aliphatic carbocycles. The van der Waals surface area contributed by atoms with Crippen LogP contribution < -0.4 is 0 Å². The molecule has 0 saturated heterocycles. The molecule has 3 fully saturated rings. The SMILES string of the molecule is OC12CCCC3CC1CCCC32O. The van der Waals surface area contributed by atoms with Gasteiger partial charge in [0.2, 0.25) is 0 Å². The Balaban J connectivity index is 2.07. The van der Waals surface area contributed by atoms with Crippen LogP contribution in [0.5, 0.6) is 0 Å². The Morgan fingerprint density at radius 2 is 1.31 bits per heavy atom. The van der Waals surface area contributed by atoms with E-state index in [0.29, 0.717) is 11.8 Å². The average molecular weight is 182 g/mol. The first-order valence-corrected chi connectivity index (χ1v) is 5.61. The lowest BCUT2D eigenvalue weighted by molar-refractivity contribution is -0.202. The molecule has 4 bridgehead atoms. The Labute approximate surface area is 79.0 Å². The highest BCUT2D eigenvalue weighted by Crippen LogP contribution is 2.61. The Morgan fingerprint density at radius 3 is 1.77 bits per heavy atom. The van der Waals surface area contributed by atoms with Crippen molar-refractivity contribution in [3.8, 4) is 0 Å².